The Morgan fingerprint density at radius 1 is 1.44 bits per heavy atom. The summed E-state index contributed by atoms with van der Waals surface area (Å²) in [6, 6.07) is -0.0689. The average molecular weight is 272 g/mol. The van der Waals surface area contributed by atoms with Gasteiger partial charge in [-0.3, -0.25) is 0 Å². The zero-order chi connectivity index (χ0) is 13.3. The number of carbonyl (C=O) groups is 2. The van der Waals surface area contributed by atoms with E-state index in [2.05, 4.69) is 5.32 Å². The van der Waals surface area contributed by atoms with Gasteiger partial charge in [0.15, 0.2) is 0 Å². The minimum atomic E-state index is -1.11. The van der Waals surface area contributed by atoms with Crippen molar-refractivity contribution in [3.05, 3.63) is 0 Å². The van der Waals surface area contributed by atoms with Crippen LogP contribution in [0.3, 0.4) is 0 Å². The van der Waals surface area contributed by atoms with Crippen LogP contribution in [0.25, 0.3) is 0 Å². The van der Waals surface area contributed by atoms with Crippen molar-refractivity contribution in [2.75, 3.05) is 18.1 Å². The zero-order valence-electron chi connectivity index (χ0n) is 10.8. The molecule has 1 saturated carbocycles. The van der Waals surface area contributed by atoms with Crippen molar-refractivity contribution in [3.8, 4) is 0 Å². The van der Waals surface area contributed by atoms with E-state index in [-0.39, 0.29) is 18.0 Å². The Labute approximate surface area is 111 Å². The van der Waals surface area contributed by atoms with Gasteiger partial charge < -0.3 is 15.3 Å². The molecule has 6 heteroatoms. The topological polar surface area (TPSA) is 69.6 Å². The van der Waals surface area contributed by atoms with Crippen LogP contribution < -0.4 is 5.32 Å². The highest BCUT2D eigenvalue weighted by Gasteiger charge is 2.49. The van der Waals surface area contributed by atoms with E-state index in [1.54, 1.807) is 11.8 Å². The highest BCUT2D eigenvalue weighted by Crippen LogP contribution is 2.39. The van der Waals surface area contributed by atoms with Crippen LogP contribution in [0, 0.1) is 5.92 Å². The van der Waals surface area contributed by atoms with Gasteiger partial charge in [0.25, 0.3) is 0 Å². The maximum absolute atomic E-state index is 12.2. The van der Waals surface area contributed by atoms with Crippen LogP contribution in [-0.2, 0) is 4.79 Å². The molecule has 18 heavy (non-hydrogen) atoms. The van der Waals surface area contributed by atoms with Crippen LogP contribution in [0.4, 0.5) is 4.79 Å². The van der Waals surface area contributed by atoms with Gasteiger partial charge in [-0.15, -0.1) is 0 Å². The highest BCUT2D eigenvalue weighted by molar-refractivity contribution is 7.99. The first-order valence-electron chi connectivity index (χ1n) is 6.35. The lowest BCUT2D eigenvalue weighted by molar-refractivity contribution is -0.144. The maximum atomic E-state index is 12.2. The van der Waals surface area contributed by atoms with E-state index in [1.807, 2.05) is 18.7 Å². The van der Waals surface area contributed by atoms with Gasteiger partial charge in [0.2, 0.25) is 0 Å². The molecule has 1 saturated heterocycles. The molecule has 2 atom stereocenters. The van der Waals surface area contributed by atoms with Crippen LogP contribution in [0.15, 0.2) is 0 Å². The summed E-state index contributed by atoms with van der Waals surface area (Å²) in [4.78, 5) is 25.3. The largest absolute Gasteiger partial charge is 0.480 e. The number of carbonyl (C=O) groups excluding carboxylic acids is 1. The Bertz CT molecular complexity index is 359. The van der Waals surface area contributed by atoms with E-state index in [0.717, 1.165) is 24.3 Å². The Hall–Kier alpha value is -0.910. The second kappa shape index (κ2) is 4.99. The fraction of sp³-hybridized carbons (Fsp3) is 0.833. The van der Waals surface area contributed by atoms with Gasteiger partial charge in [0, 0.05) is 24.1 Å². The third-order valence-electron chi connectivity index (χ3n) is 3.83. The number of urea groups is 1. The molecule has 0 aromatic carbocycles. The number of rotatable bonds is 3. The van der Waals surface area contributed by atoms with Crippen LogP contribution in [-0.4, -0.2) is 51.6 Å². The van der Waals surface area contributed by atoms with Crippen molar-refractivity contribution < 1.29 is 14.7 Å². The number of carboxylic acids is 1. The number of thioether (sulfide) groups is 1. The summed E-state index contributed by atoms with van der Waals surface area (Å²) in [5.74, 6) is 0.983. The first-order chi connectivity index (χ1) is 8.45. The molecule has 1 aliphatic carbocycles. The predicted molar refractivity (Wildman–Crippen MR) is 70.8 cm³/mol. The summed E-state index contributed by atoms with van der Waals surface area (Å²) in [5, 5.41) is 12.1. The van der Waals surface area contributed by atoms with Crippen molar-refractivity contribution in [2.24, 2.45) is 5.92 Å². The normalized spacial score (nSPS) is 27.4. The summed E-state index contributed by atoms with van der Waals surface area (Å²) >= 11 is 1.83. The molecule has 2 aliphatic rings. The number of hydrogen-bond donors (Lipinski definition) is 2. The van der Waals surface area contributed by atoms with Crippen molar-refractivity contribution >= 4 is 23.8 Å². The van der Waals surface area contributed by atoms with Crippen LogP contribution >= 0.6 is 11.8 Å². The molecule has 2 unspecified atom stereocenters. The van der Waals surface area contributed by atoms with Gasteiger partial charge in [0.05, 0.1) is 0 Å². The third kappa shape index (κ3) is 2.58. The fourth-order valence-electron chi connectivity index (χ4n) is 2.31. The summed E-state index contributed by atoms with van der Waals surface area (Å²) in [7, 11) is 0. The van der Waals surface area contributed by atoms with E-state index >= 15 is 0 Å². The number of nitrogens with one attached hydrogen (secondary N) is 1. The zero-order valence-corrected chi connectivity index (χ0v) is 11.6. The summed E-state index contributed by atoms with van der Waals surface area (Å²) in [6.07, 6.45) is 1.77. The fourth-order valence-corrected chi connectivity index (χ4v) is 3.33. The molecule has 1 aliphatic heterocycles. The first-order valence-corrected chi connectivity index (χ1v) is 7.50. The summed E-state index contributed by atoms with van der Waals surface area (Å²) in [6.45, 7) is 4.31. The average Bonchev–Trinajstić information content (AvgIpc) is 3.13. The van der Waals surface area contributed by atoms with Gasteiger partial charge in [-0.1, -0.05) is 0 Å². The van der Waals surface area contributed by atoms with Gasteiger partial charge >= 0.3 is 12.0 Å². The Morgan fingerprint density at radius 2 is 2.11 bits per heavy atom. The molecule has 0 aromatic rings. The van der Waals surface area contributed by atoms with Gasteiger partial charge in [-0.2, -0.15) is 11.8 Å². The highest BCUT2D eigenvalue weighted by atomic mass is 32.2. The lowest BCUT2D eigenvalue weighted by Gasteiger charge is -2.36. The first kappa shape index (κ1) is 13.5. The minimum Gasteiger partial charge on any atom is -0.480 e. The molecule has 0 radical (unpaired) electrons. The summed E-state index contributed by atoms with van der Waals surface area (Å²) in [5.41, 5.74) is -1.11. The van der Waals surface area contributed by atoms with Crippen LogP contribution in [0.5, 0.6) is 0 Å². The molecule has 2 fully saturated rings. The molecule has 0 bridgehead atoms. The Kier molecular flexibility index (Phi) is 3.75. The van der Waals surface area contributed by atoms with Crippen LogP contribution in [0.2, 0.25) is 0 Å². The predicted octanol–water partition coefficient (Wildman–Crippen LogP) is 1.39. The summed E-state index contributed by atoms with van der Waals surface area (Å²) < 4.78 is 0. The van der Waals surface area contributed by atoms with Gasteiger partial charge in [-0.05, 0) is 32.6 Å². The van der Waals surface area contributed by atoms with E-state index in [4.69, 9.17) is 0 Å². The monoisotopic (exact) mass is 272 g/mol. The molecule has 1 heterocycles. The molecule has 2 amide bonds. The van der Waals surface area contributed by atoms with Crippen molar-refractivity contribution in [1.29, 1.82) is 0 Å². The minimum absolute atomic E-state index is 0.0772. The van der Waals surface area contributed by atoms with Crippen LogP contribution in [0.1, 0.15) is 26.7 Å². The molecular weight excluding hydrogens is 252 g/mol. The quantitative estimate of drug-likeness (QED) is 0.814. The van der Waals surface area contributed by atoms with E-state index in [9.17, 15) is 14.7 Å². The van der Waals surface area contributed by atoms with E-state index < -0.39 is 11.5 Å². The molecule has 0 aromatic heterocycles. The van der Waals surface area contributed by atoms with Crippen molar-refractivity contribution in [2.45, 2.75) is 38.3 Å². The van der Waals surface area contributed by atoms with Crippen molar-refractivity contribution in [3.63, 3.8) is 0 Å². The smallest absolute Gasteiger partial charge is 0.329 e. The van der Waals surface area contributed by atoms with Crippen molar-refractivity contribution in [1.82, 2.24) is 10.2 Å². The van der Waals surface area contributed by atoms with Gasteiger partial charge in [-0.25, -0.2) is 9.59 Å². The Morgan fingerprint density at radius 3 is 2.61 bits per heavy atom. The number of amides is 2. The number of carboxylic acid groups (broad SMARTS) is 1. The maximum Gasteiger partial charge on any atom is 0.329 e. The van der Waals surface area contributed by atoms with E-state index in [0.29, 0.717) is 6.54 Å². The molecule has 2 N–H and O–H groups in total. The molecule has 2 rings (SSSR count). The molecule has 102 valence electrons. The molecule has 5 nitrogen and oxygen atoms in total. The lowest BCUT2D eigenvalue weighted by Crippen LogP contribution is -2.60. The number of aliphatic carboxylic acids is 1. The number of nitrogens with zero attached hydrogens (tertiary/aromatic N) is 1. The standard InChI is InChI=1S/C12H20N2O3S/c1-8-7-18-6-5-14(8)11(17)13-12(2,10(15)16)9-3-4-9/h8-9H,3-7H2,1-2H3,(H,13,17)(H,15,16). The molecule has 0 spiro atoms. The van der Waals surface area contributed by atoms with Gasteiger partial charge in [0.1, 0.15) is 5.54 Å². The second-order valence-corrected chi connectivity index (χ2v) is 6.48. The van der Waals surface area contributed by atoms with E-state index in [1.165, 1.54) is 0 Å². The lowest BCUT2D eigenvalue weighted by atomic mass is 9.96. The molecular formula is C12H20N2O3S. The Balaban J connectivity index is 2.02. The third-order valence-corrected chi connectivity index (χ3v) is 5.02. The second-order valence-electron chi connectivity index (χ2n) is 5.33. The number of hydrogen-bond acceptors (Lipinski definition) is 3. The SMILES string of the molecule is CC1CSCCN1C(=O)NC(C)(C(=O)O)C1CC1.